The Morgan fingerprint density at radius 3 is 2.75 bits per heavy atom. The summed E-state index contributed by atoms with van der Waals surface area (Å²) in [5.41, 5.74) is 1.88. The zero-order chi connectivity index (χ0) is 19.8. The van der Waals surface area contributed by atoms with Crippen molar-refractivity contribution in [2.24, 2.45) is 5.92 Å². The Bertz CT molecular complexity index is 1110. The molecule has 1 fully saturated rings. The number of aliphatic carboxylic acids is 1. The molecule has 0 radical (unpaired) electrons. The van der Waals surface area contributed by atoms with Crippen LogP contribution in [0.4, 0.5) is 0 Å². The predicted octanol–water partition coefficient (Wildman–Crippen LogP) is 4.92. The summed E-state index contributed by atoms with van der Waals surface area (Å²) in [5, 5.41) is 9.86. The van der Waals surface area contributed by atoms with Crippen molar-refractivity contribution in [3.05, 3.63) is 63.3 Å². The lowest BCUT2D eigenvalue weighted by Crippen LogP contribution is -2.38. The zero-order valence-electron chi connectivity index (χ0n) is 15.3. The minimum Gasteiger partial charge on any atom is -0.490 e. The van der Waals surface area contributed by atoms with Crippen LogP contribution in [0, 0.1) is 5.92 Å². The average molecular weight is 399 g/mol. The lowest BCUT2D eigenvalue weighted by atomic mass is 9.82. The maximum absolute atomic E-state index is 12.5. The molecule has 144 valence electrons. The lowest BCUT2D eigenvalue weighted by molar-refractivity contribution is -0.147. The Balaban J connectivity index is 1.75. The number of carboxylic acids is 1. The van der Waals surface area contributed by atoms with E-state index in [1.807, 2.05) is 25.1 Å². The largest absolute Gasteiger partial charge is 0.490 e. The molecule has 1 aliphatic rings. The van der Waals surface area contributed by atoms with E-state index in [0.717, 1.165) is 12.0 Å². The fourth-order valence-electron chi connectivity index (χ4n) is 3.41. The van der Waals surface area contributed by atoms with Crippen LogP contribution < -0.4 is 10.2 Å². The van der Waals surface area contributed by atoms with Gasteiger partial charge in [-0.3, -0.25) is 9.59 Å². The van der Waals surface area contributed by atoms with Gasteiger partial charge in [-0.15, -0.1) is 0 Å². The summed E-state index contributed by atoms with van der Waals surface area (Å²) in [5.74, 6) is -0.196. The van der Waals surface area contributed by atoms with Crippen molar-refractivity contribution in [3.63, 3.8) is 0 Å². The van der Waals surface area contributed by atoms with Crippen molar-refractivity contribution in [1.82, 2.24) is 0 Å². The number of benzene rings is 2. The van der Waals surface area contributed by atoms with E-state index in [9.17, 15) is 9.59 Å². The van der Waals surface area contributed by atoms with Crippen LogP contribution in [-0.4, -0.2) is 17.2 Å². The summed E-state index contributed by atoms with van der Waals surface area (Å²) in [6, 6.07) is 12.2. The van der Waals surface area contributed by atoms with E-state index in [1.165, 1.54) is 6.07 Å². The molecule has 28 heavy (non-hydrogen) atoms. The minimum atomic E-state index is -0.794. The van der Waals surface area contributed by atoms with Gasteiger partial charge < -0.3 is 14.3 Å². The highest BCUT2D eigenvalue weighted by Gasteiger charge is 2.36. The van der Waals surface area contributed by atoms with Crippen LogP contribution in [0.2, 0.25) is 5.02 Å². The van der Waals surface area contributed by atoms with Crippen molar-refractivity contribution in [1.29, 1.82) is 0 Å². The second-order valence-electron chi connectivity index (χ2n) is 7.02. The van der Waals surface area contributed by atoms with Crippen LogP contribution in [-0.2, 0) is 11.2 Å². The Kier molecular flexibility index (Phi) is 4.85. The van der Waals surface area contributed by atoms with Crippen LogP contribution in [0.25, 0.3) is 22.3 Å². The van der Waals surface area contributed by atoms with Crippen molar-refractivity contribution >= 4 is 28.5 Å². The second kappa shape index (κ2) is 7.32. The molecule has 6 heteroatoms. The van der Waals surface area contributed by atoms with Crippen LogP contribution in [0.5, 0.6) is 5.75 Å². The first-order valence-corrected chi connectivity index (χ1v) is 9.59. The smallest absolute Gasteiger partial charge is 0.306 e. The third-order valence-electron chi connectivity index (χ3n) is 5.16. The molecule has 0 amide bonds. The quantitative estimate of drug-likeness (QED) is 0.660. The standard InChI is InChI=1S/C22H19ClO5/c1-2-12-6-7-16(19(8-12)27-14-9-13(10-14)22(25)26)20-11-18(24)15-4-3-5-17(23)21(15)28-20/h3-8,11,13-14H,2,9-10H2,1H3,(H,25,26). The summed E-state index contributed by atoms with van der Waals surface area (Å²) in [7, 11) is 0. The first-order valence-electron chi connectivity index (χ1n) is 9.21. The van der Waals surface area contributed by atoms with Gasteiger partial charge in [-0.2, -0.15) is 0 Å². The number of hydrogen-bond acceptors (Lipinski definition) is 4. The maximum Gasteiger partial charge on any atom is 0.306 e. The van der Waals surface area contributed by atoms with E-state index in [4.69, 9.17) is 25.9 Å². The summed E-state index contributed by atoms with van der Waals surface area (Å²) >= 11 is 6.22. The number of ether oxygens (including phenoxy) is 1. The number of para-hydroxylation sites is 1. The molecule has 0 unspecified atom stereocenters. The SMILES string of the molecule is CCc1ccc(-c2cc(=O)c3cccc(Cl)c3o2)c(OC2CC(C(=O)O)C2)c1. The molecule has 2 aromatic carbocycles. The van der Waals surface area contributed by atoms with Crippen LogP contribution in [0.15, 0.2) is 51.7 Å². The molecule has 5 nitrogen and oxygen atoms in total. The number of rotatable bonds is 5. The van der Waals surface area contributed by atoms with Crippen LogP contribution in [0.1, 0.15) is 25.3 Å². The van der Waals surface area contributed by atoms with E-state index in [-0.39, 0.29) is 17.5 Å². The molecule has 0 aliphatic heterocycles. The topological polar surface area (TPSA) is 76.7 Å². The van der Waals surface area contributed by atoms with Gasteiger partial charge in [0.25, 0.3) is 0 Å². The van der Waals surface area contributed by atoms with Gasteiger partial charge in [0.05, 0.1) is 21.9 Å². The molecular formula is C22H19ClO5. The Morgan fingerprint density at radius 2 is 2.04 bits per heavy atom. The maximum atomic E-state index is 12.5. The van der Waals surface area contributed by atoms with E-state index in [2.05, 4.69) is 0 Å². The number of carbonyl (C=O) groups is 1. The monoisotopic (exact) mass is 398 g/mol. The van der Waals surface area contributed by atoms with Gasteiger partial charge in [0.1, 0.15) is 17.6 Å². The Morgan fingerprint density at radius 1 is 1.25 bits per heavy atom. The van der Waals surface area contributed by atoms with Gasteiger partial charge in [-0.25, -0.2) is 0 Å². The summed E-state index contributed by atoms with van der Waals surface area (Å²) in [6.45, 7) is 2.04. The molecule has 0 atom stereocenters. The third-order valence-corrected chi connectivity index (χ3v) is 5.46. The van der Waals surface area contributed by atoms with Crippen LogP contribution in [0.3, 0.4) is 0 Å². The molecule has 1 heterocycles. The van der Waals surface area contributed by atoms with Gasteiger partial charge >= 0.3 is 5.97 Å². The number of carboxylic acid groups (broad SMARTS) is 1. The Labute approximate surface area is 166 Å². The van der Waals surface area contributed by atoms with Crippen LogP contribution >= 0.6 is 11.6 Å². The molecule has 3 aromatic rings. The van der Waals surface area contributed by atoms with Gasteiger partial charge in [0, 0.05) is 6.07 Å². The van der Waals surface area contributed by atoms with Gasteiger partial charge in [0.2, 0.25) is 0 Å². The van der Waals surface area contributed by atoms with Gasteiger partial charge in [-0.1, -0.05) is 30.7 Å². The Hall–Kier alpha value is -2.79. The highest BCUT2D eigenvalue weighted by atomic mass is 35.5. The predicted molar refractivity (Wildman–Crippen MR) is 107 cm³/mol. The fraction of sp³-hybridized carbons (Fsp3) is 0.273. The number of hydrogen-bond donors (Lipinski definition) is 1. The number of fused-ring (bicyclic) bond motifs is 1. The molecule has 1 aliphatic carbocycles. The molecule has 1 aromatic heterocycles. The second-order valence-corrected chi connectivity index (χ2v) is 7.43. The van der Waals surface area contributed by atoms with E-state index < -0.39 is 5.97 Å². The molecular weight excluding hydrogens is 380 g/mol. The molecule has 1 N–H and O–H groups in total. The van der Waals surface area contributed by atoms with Gasteiger partial charge in [-0.05, 0) is 49.1 Å². The third kappa shape index (κ3) is 3.38. The number of aryl methyl sites for hydroxylation is 1. The normalized spacial score (nSPS) is 18.6. The molecule has 1 saturated carbocycles. The van der Waals surface area contributed by atoms with Crippen molar-refractivity contribution in [2.75, 3.05) is 0 Å². The summed E-state index contributed by atoms with van der Waals surface area (Å²) in [4.78, 5) is 23.6. The van der Waals surface area contributed by atoms with E-state index in [0.29, 0.717) is 45.9 Å². The fourth-order valence-corrected chi connectivity index (χ4v) is 3.62. The highest BCUT2D eigenvalue weighted by molar-refractivity contribution is 6.34. The number of halogens is 1. The van der Waals surface area contributed by atoms with E-state index >= 15 is 0 Å². The molecule has 0 spiro atoms. The summed E-state index contributed by atoms with van der Waals surface area (Å²) in [6.07, 6.45) is 1.60. The van der Waals surface area contributed by atoms with Crippen molar-refractivity contribution < 1.29 is 19.1 Å². The summed E-state index contributed by atoms with van der Waals surface area (Å²) < 4.78 is 12.0. The van der Waals surface area contributed by atoms with E-state index in [1.54, 1.807) is 18.2 Å². The zero-order valence-corrected chi connectivity index (χ0v) is 16.0. The van der Waals surface area contributed by atoms with Crippen molar-refractivity contribution in [3.8, 4) is 17.1 Å². The molecule has 0 bridgehead atoms. The lowest BCUT2D eigenvalue weighted by Gasteiger charge is -2.33. The first kappa shape index (κ1) is 18.6. The molecule has 0 saturated heterocycles. The minimum absolute atomic E-state index is 0.164. The first-order chi connectivity index (χ1) is 13.5. The van der Waals surface area contributed by atoms with Gasteiger partial charge in [0.15, 0.2) is 11.0 Å². The van der Waals surface area contributed by atoms with Crippen molar-refractivity contribution in [2.45, 2.75) is 32.3 Å². The highest BCUT2D eigenvalue weighted by Crippen LogP contribution is 2.38. The molecule has 4 rings (SSSR count). The average Bonchev–Trinajstić information content (AvgIpc) is 2.64.